The molecule has 4 heteroatoms. The first-order valence-corrected chi connectivity index (χ1v) is 5.34. The van der Waals surface area contributed by atoms with Gasteiger partial charge in [-0.15, -0.1) is 0 Å². The molecule has 0 aliphatic carbocycles. The third kappa shape index (κ3) is 3.70. The summed E-state index contributed by atoms with van der Waals surface area (Å²) in [6.45, 7) is 2.04. The van der Waals surface area contributed by atoms with Crippen LogP contribution in [0.4, 0.5) is 0 Å². The van der Waals surface area contributed by atoms with Crippen LogP contribution in [0.25, 0.3) is 0 Å². The summed E-state index contributed by atoms with van der Waals surface area (Å²) in [5, 5.41) is 8.85. The van der Waals surface area contributed by atoms with E-state index in [9.17, 15) is 0 Å². The van der Waals surface area contributed by atoms with E-state index in [-0.39, 0.29) is 0 Å². The van der Waals surface area contributed by atoms with E-state index in [2.05, 4.69) is 45.2 Å². The van der Waals surface area contributed by atoms with Crippen LogP contribution in [0, 0.1) is 0 Å². The van der Waals surface area contributed by atoms with Gasteiger partial charge in [0.15, 0.2) is 3.77 Å². The fourth-order valence-corrected chi connectivity index (χ4v) is 1.52. The zero-order chi connectivity index (χ0) is 6.73. The molecule has 48 valence electrons. The smallest absolute Gasteiger partial charge is 0.163 e. The fraction of sp³-hybridized carbons (Fsp3) is 0.500. The molecule has 0 aliphatic heterocycles. The van der Waals surface area contributed by atoms with Gasteiger partial charge in [-0.2, -0.15) is 0 Å². The molecule has 1 unspecified atom stereocenters. The lowest BCUT2D eigenvalue weighted by Crippen LogP contribution is -1.89. The van der Waals surface area contributed by atoms with Gasteiger partial charge < -0.3 is 5.11 Å². The summed E-state index contributed by atoms with van der Waals surface area (Å²) < 4.78 is 1.85. The lowest BCUT2D eigenvalue weighted by molar-refractivity contribution is 0.463. The van der Waals surface area contributed by atoms with Crippen LogP contribution in [0.2, 0.25) is 0 Å². The van der Waals surface area contributed by atoms with Crippen molar-refractivity contribution in [2.24, 2.45) is 0 Å². The van der Waals surface area contributed by atoms with Crippen molar-refractivity contribution in [2.45, 2.75) is 10.8 Å². The minimum atomic E-state index is 0.408. The van der Waals surface area contributed by atoms with Crippen molar-refractivity contribution in [2.75, 3.05) is 0 Å². The number of hydrogen-bond acceptors (Lipinski definition) is 1. The Balaban J connectivity index is 4.00. The minimum Gasteiger partial charge on any atom is -0.502 e. The minimum absolute atomic E-state index is 0.408. The van der Waals surface area contributed by atoms with E-state index >= 15 is 0 Å². The third-order valence-corrected chi connectivity index (χ3v) is 5.42. The van der Waals surface area contributed by atoms with Gasteiger partial charge in [0, 0.05) is 3.92 Å². The molecule has 0 rings (SSSR count). The van der Waals surface area contributed by atoms with Crippen LogP contribution in [-0.2, 0) is 0 Å². The highest BCUT2D eigenvalue weighted by Gasteiger charge is 2.03. The molecule has 1 N–H and O–H groups in total. The van der Waals surface area contributed by atoms with Crippen molar-refractivity contribution in [1.82, 2.24) is 0 Å². The summed E-state index contributed by atoms with van der Waals surface area (Å²) in [7, 11) is 0. The molecule has 0 saturated carbocycles. The highest BCUT2D eigenvalue weighted by Crippen LogP contribution is 2.24. The molecule has 0 aromatic carbocycles. The van der Waals surface area contributed by atoms with Gasteiger partial charge in [-0.3, -0.25) is 0 Å². The van der Waals surface area contributed by atoms with Crippen LogP contribution in [0.1, 0.15) is 6.92 Å². The Morgan fingerprint density at radius 2 is 1.88 bits per heavy atom. The standard InChI is InChI=1S/C4H5I3O/c1-2(5)3(6)4(7)8/h2,8H,1H3/b4-3-. The van der Waals surface area contributed by atoms with E-state index in [0.717, 1.165) is 3.58 Å². The van der Waals surface area contributed by atoms with Gasteiger partial charge in [0.1, 0.15) is 0 Å². The molecule has 0 amide bonds. The van der Waals surface area contributed by atoms with Crippen molar-refractivity contribution in [3.05, 3.63) is 7.35 Å². The van der Waals surface area contributed by atoms with E-state index < -0.39 is 0 Å². The third-order valence-electron chi connectivity index (χ3n) is 0.546. The average molecular weight is 450 g/mol. The SMILES string of the molecule is CC(I)/C(I)=C(/O)I. The van der Waals surface area contributed by atoms with Gasteiger partial charge in [-0.05, 0) is 52.1 Å². The predicted octanol–water partition coefficient (Wildman–Crippen LogP) is 3.41. The Bertz CT molecular complexity index is 104. The molecule has 0 aromatic rings. The highest BCUT2D eigenvalue weighted by molar-refractivity contribution is 14.1. The van der Waals surface area contributed by atoms with Crippen molar-refractivity contribution < 1.29 is 5.11 Å². The van der Waals surface area contributed by atoms with Gasteiger partial charge in [0.25, 0.3) is 0 Å². The maximum Gasteiger partial charge on any atom is 0.163 e. The molecule has 8 heavy (non-hydrogen) atoms. The van der Waals surface area contributed by atoms with Gasteiger partial charge in [0.05, 0.1) is 3.58 Å². The molecule has 0 saturated heterocycles. The van der Waals surface area contributed by atoms with Crippen molar-refractivity contribution in [1.29, 1.82) is 0 Å². The Morgan fingerprint density at radius 1 is 1.50 bits per heavy atom. The van der Waals surface area contributed by atoms with E-state index in [1.165, 1.54) is 0 Å². The number of aliphatic hydroxyl groups excluding tert-OH is 1. The van der Waals surface area contributed by atoms with E-state index in [1.807, 2.05) is 29.5 Å². The van der Waals surface area contributed by atoms with Gasteiger partial charge in [-0.1, -0.05) is 22.6 Å². The summed E-state index contributed by atoms with van der Waals surface area (Å²) in [5.41, 5.74) is 0. The predicted molar refractivity (Wildman–Crippen MR) is 61.2 cm³/mol. The van der Waals surface area contributed by atoms with Gasteiger partial charge in [-0.25, -0.2) is 0 Å². The summed E-state index contributed by atoms with van der Waals surface area (Å²) in [4.78, 5) is 0. The number of aliphatic hydroxyl groups is 1. The normalized spacial score (nSPS) is 17.5. The fourth-order valence-electron chi connectivity index (χ4n) is 0.164. The number of allylic oxidation sites excluding steroid dienone is 1. The number of alkyl halides is 1. The van der Waals surface area contributed by atoms with Crippen LogP contribution in [0.3, 0.4) is 0 Å². The Labute approximate surface area is 89.7 Å². The second kappa shape index (κ2) is 4.53. The molecule has 0 heterocycles. The quantitative estimate of drug-likeness (QED) is 0.369. The molecular weight excluding hydrogens is 445 g/mol. The first kappa shape index (κ1) is 9.73. The summed E-state index contributed by atoms with van der Waals surface area (Å²) in [5.74, 6) is 0. The monoisotopic (exact) mass is 450 g/mol. The lowest BCUT2D eigenvalue weighted by Gasteiger charge is -1.99. The molecule has 1 nitrogen and oxygen atoms in total. The molecule has 0 aromatic heterocycles. The maximum atomic E-state index is 8.85. The maximum absolute atomic E-state index is 8.85. The summed E-state index contributed by atoms with van der Waals surface area (Å²) in [6.07, 6.45) is 0. The van der Waals surface area contributed by atoms with Crippen molar-refractivity contribution >= 4 is 67.8 Å². The van der Waals surface area contributed by atoms with E-state index in [4.69, 9.17) is 5.11 Å². The Hall–Kier alpha value is 1.73. The van der Waals surface area contributed by atoms with Crippen molar-refractivity contribution in [3.63, 3.8) is 0 Å². The number of hydrogen-bond donors (Lipinski definition) is 1. The second-order valence-corrected chi connectivity index (χ2v) is 5.31. The van der Waals surface area contributed by atoms with Crippen LogP contribution in [-0.4, -0.2) is 9.03 Å². The highest BCUT2D eigenvalue weighted by atomic mass is 127. The molecule has 0 aliphatic rings. The van der Waals surface area contributed by atoms with Crippen LogP contribution < -0.4 is 0 Å². The number of rotatable bonds is 1. The first-order valence-electron chi connectivity index (χ1n) is 1.94. The number of halogens is 3. The van der Waals surface area contributed by atoms with E-state index in [0.29, 0.717) is 7.69 Å². The molecule has 0 bridgehead atoms. The summed E-state index contributed by atoms with van der Waals surface area (Å²) >= 11 is 6.30. The molecule has 0 radical (unpaired) electrons. The first-order chi connectivity index (χ1) is 3.55. The zero-order valence-electron chi connectivity index (χ0n) is 4.16. The zero-order valence-corrected chi connectivity index (χ0v) is 10.6. The molecule has 1 atom stereocenters. The Kier molecular flexibility index (Phi) is 5.51. The molecule has 0 spiro atoms. The van der Waals surface area contributed by atoms with Gasteiger partial charge >= 0.3 is 0 Å². The second-order valence-electron chi connectivity index (χ2n) is 1.25. The lowest BCUT2D eigenvalue weighted by atomic mass is 10.5. The molecule has 0 fully saturated rings. The van der Waals surface area contributed by atoms with E-state index in [1.54, 1.807) is 0 Å². The molecular formula is C4H5I3O. The van der Waals surface area contributed by atoms with Crippen molar-refractivity contribution in [3.8, 4) is 0 Å². The van der Waals surface area contributed by atoms with Crippen LogP contribution in [0.15, 0.2) is 7.35 Å². The van der Waals surface area contributed by atoms with Crippen LogP contribution in [0.5, 0.6) is 0 Å². The summed E-state index contributed by atoms with van der Waals surface area (Å²) in [6, 6.07) is 0. The van der Waals surface area contributed by atoms with Crippen LogP contribution >= 0.6 is 67.8 Å². The van der Waals surface area contributed by atoms with Gasteiger partial charge in [0.2, 0.25) is 0 Å². The Morgan fingerprint density at radius 3 is 1.88 bits per heavy atom. The topological polar surface area (TPSA) is 20.2 Å². The average Bonchev–Trinajstić information content (AvgIpc) is 1.64. The largest absolute Gasteiger partial charge is 0.502 e.